The van der Waals surface area contributed by atoms with Crippen molar-refractivity contribution in [2.24, 2.45) is 0 Å². The SMILES string of the molecule is C=CCN(C1CC1)S(=O)(=O)c1cc(C(=O)O)cc(F)c1F. The van der Waals surface area contributed by atoms with Crippen LogP contribution in [-0.2, 0) is 10.0 Å². The molecule has 0 unspecified atom stereocenters. The summed E-state index contributed by atoms with van der Waals surface area (Å²) in [4.78, 5) is 9.91. The highest BCUT2D eigenvalue weighted by atomic mass is 32.2. The summed E-state index contributed by atoms with van der Waals surface area (Å²) in [6, 6.07) is 0.796. The molecular weight excluding hydrogens is 304 g/mol. The molecule has 114 valence electrons. The zero-order valence-corrected chi connectivity index (χ0v) is 11.7. The smallest absolute Gasteiger partial charge is 0.335 e. The molecule has 1 N–H and O–H groups in total. The van der Waals surface area contributed by atoms with Gasteiger partial charge in [-0.15, -0.1) is 6.58 Å². The van der Waals surface area contributed by atoms with E-state index >= 15 is 0 Å². The Morgan fingerprint density at radius 1 is 1.43 bits per heavy atom. The largest absolute Gasteiger partial charge is 0.478 e. The Balaban J connectivity index is 2.57. The summed E-state index contributed by atoms with van der Waals surface area (Å²) >= 11 is 0. The van der Waals surface area contributed by atoms with Crippen molar-refractivity contribution in [3.05, 3.63) is 42.0 Å². The molecule has 5 nitrogen and oxygen atoms in total. The van der Waals surface area contributed by atoms with E-state index < -0.39 is 38.1 Å². The van der Waals surface area contributed by atoms with Crippen molar-refractivity contribution < 1.29 is 27.1 Å². The zero-order chi connectivity index (χ0) is 15.8. The Morgan fingerprint density at radius 3 is 2.52 bits per heavy atom. The summed E-state index contributed by atoms with van der Waals surface area (Å²) in [6.45, 7) is 3.39. The predicted octanol–water partition coefficient (Wildman–Crippen LogP) is 2.00. The number of nitrogens with zero attached hydrogens (tertiary/aromatic N) is 1. The first-order valence-corrected chi connectivity index (χ1v) is 7.58. The van der Waals surface area contributed by atoms with Gasteiger partial charge in [-0.05, 0) is 25.0 Å². The van der Waals surface area contributed by atoms with Crippen LogP contribution in [0.3, 0.4) is 0 Å². The van der Waals surface area contributed by atoms with Crippen LogP contribution in [0.2, 0.25) is 0 Å². The molecule has 0 aliphatic heterocycles. The molecule has 1 aromatic rings. The average molecular weight is 317 g/mol. The van der Waals surface area contributed by atoms with Gasteiger partial charge >= 0.3 is 5.97 Å². The Hall–Kier alpha value is -1.80. The van der Waals surface area contributed by atoms with E-state index in [0.717, 1.165) is 4.31 Å². The third kappa shape index (κ3) is 2.96. The molecular formula is C13H13F2NO4S. The van der Waals surface area contributed by atoms with Gasteiger partial charge < -0.3 is 5.11 Å². The third-order valence-corrected chi connectivity index (χ3v) is 5.01. The molecule has 1 aliphatic carbocycles. The van der Waals surface area contributed by atoms with Crippen molar-refractivity contribution in [3.63, 3.8) is 0 Å². The molecule has 0 aromatic heterocycles. The maximum atomic E-state index is 13.8. The van der Waals surface area contributed by atoms with Gasteiger partial charge in [-0.2, -0.15) is 4.31 Å². The number of rotatable bonds is 6. The second-order valence-corrected chi connectivity index (χ2v) is 6.53. The van der Waals surface area contributed by atoms with Gasteiger partial charge in [0.2, 0.25) is 10.0 Å². The summed E-state index contributed by atoms with van der Waals surface area (Å²) < 4.78 is 53.1. The van der Waals surface area contributed by atoms with Gasteiger partial charge in [0.1, 0.15) is 4.90 Å². The number of sulfonamides is 1. The van der Waals surface area contributed by atoms with Crippen molar-refractivity contribution in [3.8, 4) is 0 Å². The maximum absolute atomic E-state index is 13.8. The normalized spacial score (nSPS) is 15.2. The minimum absolute atomic E-state index is 0.0502. The zero-order valence-electron chi connectivity index (χ0n) is 10.9. The second-order valence-electron chi connectivity index (χ2n) is 4.67. The summed E-state index contributed by atoms with van der Waals surface area (Å²) in [5.41, 5.74) is -0.623. The minimum atomic E-state index is -4.33. The molecule has 0 saturated heterocycles. The van der Waals surface area contributed by atoms with Crippen molar-refractivity contribution >= 4 is 16.0 Å². The van der Waals surface area contributed by atoms with E-state index in [4.69, 9.17) is 5.11 Å². The van der Waals surface area contributed by atoms with Crippen LogP contribution in [0.25, 0.3) is 0 Å². The number of aromatic carboxylic acids is 1. The lowest BCUT2D eigenvalue weighted by Crippen LogP contribution is -2.34. The van der Waals surface area contributed by atoms with Crippen LogP contribution < -0.4 is 0 Å². The topological polar surface area (TPSA) is 74.7 Å². The molecule has 1 fully saturated rings. The monoisotopic (exact) mass is 317 g/mol. The lowest BCUT2D eigenvalue weighted by molar-refractivity contribution is 0.0696. The molecule has 21 heavy (non-hydrogen) atoms. The van der Waals surface area contributed by atoms with Crippen LogP contribution in [0.15, 0.2) is 29.7 Å². The van der Waals surface area contributed by atoms with Crippen molar-refractivity contribution in [2.45, 2.75) is 23.8 Å². The summed E-state index contributed by atoms with van der Waals surface area (Å²) in [5.74, 6) is -4.62. The summed E-state index contributed by atoms with van der Waals surface area (Å²) in [7, 11) is -4.33. The van der Waals surface area contributed by atoms with Gasteiger partial charge in [-0.1, -0.05) is 6.08 Å². The molecule has 0 radical (unpaired) electrons. The number of carbonyl (C=O) groups is 1. The molecule has 1 aromatic carbocycles. The molecule has 0 heterocycles. The molecule has 1 saturated carbocycles. The van der Waals surface area contributed by atoms with Crippen molar-refractivity contribution in [2.75, 3.05) is 6.54 Å². The Morgan fingerprint density at radius 2 is 2.05 bits per heavy atom. The Kier molecular flexibility index (Phi) is 4.11. The van der Waals surface area contributed by atoms with Gasteiger partial charge in [-0.25, -0.2) is 22.0 Å². The quantitative estimate of drug-likeness (QED) is 0.814. The molecule has 0 amide bonds. The van der Waals surface area contributed by atoms with Gasteiger partial charge in [0.05, 0.1) is 5.56 Å². The van der Waals surface area contributed by atoms with Crippen molar-refractivity contribution in [1.29, 1.82) is 0 Å². The maximum Gasteiger partial charge on any atom is 0.335 e. The predicted molar refractivity (Wildman–Crippen MR) is 70.4 cm³/mol. The van der Waals surface area contributed by atoms with Gasteiger partial charge in [-0.3, -0.25) is 0 Å². The van der Waals surface area contributed by atoms with E-state index in [2.05, 4.69) is 6.58 Å². The summed E-state index contributed by atoms with van der Waals surface area (Å²) in [6.07, 6.45) is 2.58. The van der Waals surface area contributed by atoms with Crippen LogP contribution in [0.5, 0.6) is 0 Å². The highest BCUT2D eigenvalue weighted by Crippen LogP contribution is 2.33. The lowest BCUT2D eigenvalue weighted by Gasteiger charge is -2.20. The van der Waals surface area contributed by atoms with E-state index in [1.165, 1.54) is 6.08 Å². The van der Waals surface area contributed by atoms with Crippen LogP contribution in [0, 0.1) is 11.6 Å². The fourth-order valence-electron chi connectivity index (χ4n) is 1.93. The Bertz CT molecular complexity index is 698. The number of halogens is 2. The van der Waals surface area contributed by atoms with E-state index in [-0.39, 0.29) is 12.6 Å². The molecule has 0 bridgehead atoms. The van der Waals surface area contributed by atoms with E-state index in [0.29, 0.717) is 25.0 Å². The third-order valence-electron chi connectivity index (χ3n) is 3.09. The van der Waals surface area contributed by atoms with Crippen LogP contribution in [0.4, 0.5) is 8.78 Å². The average Bonchev–Trinajstić information content (AvgIpc) is 3.22. The van der Waals surface area contributed by atoms with Gasteiger partial charge in [0.15, 0.2) is 11.6 Å². The van der Waals surface area contributed by atoms with Gasteiger partial charge in [0.25, 0.3) is 0 Å². The van der Waals surface area contributed by atoms with Crippen molar-refractivity contribution in [1.82, 2.24) is 4.31 Å². The van der Waals surface area contributed by atoms with Gasteiger partial charge in [0, 0.05) is 12.6 Å². The molecule has 0 spiro atoms. The number of hydrogen-bond acceptors (Lipinski definition) is 3. The second kappa shape index (κ2) is 5.53. The highest BCUT2D eigenvalue weighted by molar-refractivity contribution is 7.89. The van der Waals surface area contributed by atoms with Crippen LogP contribution in [0.1, 0.15) is 23.2 Å². The molecule has 2 rings (SSSR count). The highest BCUT2D eigenvalue weighted by Gasteiger charge is 2.39. The fraction of sp³-hybridized carbons (Fsp3) is 0.308. The lowest BCUT2D eigenvalue weighted by atomic mass is 10.2. The van der Waals surface area contributed by atoms with Crippen LogP contribution >= 0.6 is 0 Å². The van der Waals surface area contributed by atoms with Crippen LogP contribution in [-0.4, -0.2) is 36.4 Å². The number of benzene rings is 1. The first-order chi connectivity index (χ1) is 9.78. The molecule has 8 heteroatoms. The first-order valence-electron chi connectivity index (χ1n) is 6.14. The molecule has 0 atom stereocenters. The van der Waals surface area contributed by atoms with E-state index in [1.807, 2.05) is 0 Å². The first kappa shape index (κ1) is 15.6. The number of carboxylic acid groups (broad SMARTS) is 1. The fourth-order valence-corrected chi connectivity index (χ4v) is 3.69. The van der Waals surface area contributed by atoms with E-state index in [9.17, 15) is 22.0 Å². The molecule has 1 aliphatic rings. The number of carboxylic acids is 1. The number of hydrogen-bond donors (Lipinski definition) is 1. The van der Waals surface area contributed by atoms with E-state index in [1.54, 1.807) is 0 Å². The Labute approximate surface area is 120 Å². The standard InChI is InChI=1S/C13H13F2NO4S/c1-2-5-16(9-3-4-9)21(19,20)11-7-8(13(17)18)6-10(14)12(11)15/h2,6-7,9H,1,3-5H2,(H,17,18). The minimum Gasteiger partial charge on any atom is -0.478 e. The summed E-state index contributed by atoms with van der Waals surface area (Å²) in [5, 5.41) is 8.84.